The van der Waals surface area contributed by atoms with Gasteiger partial charge in [0.1, 0.15) is 0 Å². The van der Waals surface area contributed by atoms with E-state index in [1.54, 1.807) is 12.3 Å². The molecule has 0 radical (unpaired) electrons. The summed E-state index contributed by atoms with van der Waals surface area (Å²) in [5.74, 6) is -0.758. The summed E-state index contributed by atoms with van der Waals surface area (Å²) in [6, 6.07) is 3.24. The number of hydrogen-bond acceptors (Lipinski definition) is 2. The van der Waals surface area contributed by atoms with Crippen LogP contribution in [0.2, 0.25) is 0 Å². The maximum Gasteiger partial charge on any atom is 0.303 e. The highest BCUT2D eigenvalue weighted by atomic mass is 16.4. The first-order valence-corrected chi connectivity index (χ1v) is 4.58. The van der Waals surface area contributed by atoms with Crippen molar-refractivity contribution in [2.45, 2.75) is 25.7 Å². The number of pyridine rings is 1. The van der Waals surface area contributed by atoms with Gasteiger partial charge < -0.3 is 10.1 Å². The number of H-pyrrole nitrogens is 1. The van der Waals surface area contributed by atoms with E-state index in [0.29, 0.717) is 6.42 Å². The van der Waals surface area contributed by atoms with Crippen LogP contribution >= 0.6 is 0 Å². The van der Waals surface area contributed by atoms with E-state index in [9.17, 15) is 9.59 Å². The largest absolute Gasteiger partial charge is 0.481 e. The highest BCUT2D eigenvalue weighted by Gasteiger charge is 1.97. The van der Waals surface area contributed by atoms with Gasteiger partial charge in [-0.25, -0.2) is 0 Å². The monoisotopic (exact) mass is 195 g/mol. The molecule has 4 nitrogen and oxygen atoms in total. The number of aliphatic carboxylic acids is 1. The zero-order valence-corrected chi connectivity index (χ0v) is 7.82. The number of carboxylic acid groups (broad SMARTS) is 1. The van der Waals surface area contributed by atoms with E-state index >= 15 is 0 Å². The van der Waals surface area contributed by atoms with Gasteiger partial charge in [-0.05, 0) is 24.8 Å². The van der Waals surface area contributed by atoms with Gasteiger partial charge in [0.25, 0.3) is 0 Å². The van der Waals surface area contributed by atoms with Crippen LogP contribution in [-0.2, 0) is 11.2 Å². The highest BCUT2D eigenvalue weighted by molar-refractivity contribution is 5.66. The van der Waals surface area contributed by atoms with E-state index < -0.39 is 5.97 Å². The number of unbranched alkanes of at least 4 members (excludes halogenated alkanes) is 1. The Kier molecular flexibility index (Phi) is 3.91. The van der Waals surface area contributed by atoms with Crippen molar-refractivity contribution >= 4 is 5.97 Å². The molecule has 0 amide bonds. The Morgan fingerprint density at radius 3 is 2.71 bits per heavy atom. The number of carboxylic acids is 1. The van der Waals surface area contributed by atoms with E-state index in [4.69, 9.17) is 5.11 Å². The molecule has 0 aliphatic carbocycles. The zero-order chi connectivity index (χ0) is 10.4. The summed E-state index contributed by atoms with van der Waals surface area (Å²) in [5, 5.41) is 8.40. The quantitative estimate of drug-likeness (QED) is 0.693. The van der Waals surface area contributed by atoms with Crippen LogP contribution in [0.25, 0.3) is 0 Å². The molecule has 0 aliphatic heterocycles. The molecule has 0 saturated carbocycles. The SMILES string of the molecule is O=C(O)CCCCc1ccc(=O)[nH]c1. The van der Waals surface area contributed by atoms with Crippen LogP contribution in [-0.4, -0.2) is 16.1 Å². The standard InChI is InChI=1S/C10H13NO3/c12-9-6-5-8(7-11-9)3-1-2-4-10(13)14/h5-7H,1-4H2,(H,11,12)(H,13,14). The first kappa shape index (κ1) is 10.5. The fourth-order valence-corrected chi connectivity index (χ4v) is 1.20. The van der Waals surface area contributed by atoms with Crippen LogP contribution in [0.3, 0.4) is 0 Å². The molecule has 0 aromatic carbocycles. The number of nitrogens with one attached hydrogen (secondary N) is 1. The third-order valence-electron chi connectivity index (χ3n) is 1.95. The van der Waals surface area contributed by atoms with Crippen LogP contribution in [0.1, 0.15) is 24.8 Å². The van der Waals surface area contributed by atoms with Gasteiger partial charge in [0.15, 0.2) is 0 Å². The summed E-state index contributed by atoms with van der Waals surface area (Å²) in [5.41, 5.74) is 0.925. The first-order chi connectivity index (χ1) is 6.68. The Bertz CT molecular complexity index is 336. The van der Waals surface area contributed by atoms with Crippen molar-refractivity contribution in [1.29, 1.82) is 0 Å². The molecule has 2 N–H and O–H groups in total. The Balaban J connectivity index is 2.28. The van der Waals surface area contributed by atoms with Gasteiger partial charge in [-0.15, -0.1) is 0 Å². The minimum Gasteiger partial charge on any atom is -0.481 e. The minimum atomic E-state index is -0.758. The fraction of sp³-hybridized carbons (Fsp3) is 0.400. The summed E-state index contributed by atoms with van der Waals surface area (Å²) < 4.78 is 0. The lowest BCUT2D eigenvalue weighted by atomic mass is 10.1. The Hall–Kier alpha value is -1.58. The molecule has 1 heterocycles. The minimum absolute atomic E-state index is 0.112. The molecule has 0 bridgehead atoms. The third-order valence-corrected chi connectivity index (χ3v) is 1.95. The molecule has 0 aliphatic rings. The van der Waals surface area contributed by atoms with Crippen LogP contribution in [0, 0.1) is 0 Å². The first-order valence-electron chi connectivity index (χ1n) is 4.58. The molecule has 0 spiro atoms. The van der Waals surface area contributed by atoms with Gasteiger partial charge in [0, 0.05) is 18.7 Å². The maximum atomic E-state index is 10.7. The van der Waals surface area contributed by atoms with E-state index in [2.05, 4.69) is 4.98 Å². The molecule has 0 atom stereocenters. The summed E-state index contributed by atoms with van der Waals surface area (Å²) in [6.45, 7) is 0. The molecule has 1 aromatic rings. The van der Waals surface area contributed by atoms with Crippen molar-refractivity contribution in [1.82, 2.24) is 4.98 Å². The van der Waals surface area contributed by atoms with Crippen molar-refractivity contribution < 1.29 is 9.90 Å². The number of carbonyl (C=O) groups is 1. The van der Waals surface area contributed by atoms with Crippen molar-refractivity contribution in [3.63, 3.8) is 0 Å². The lowest BCUT2D eigenvalue weighted by molar-refractivity contribution is -0.137. The normalized spacial score (nSPS) is 10.0. The Morgan fingerprint density at radius 2 is 2.14 bits per heavy atom. The van der Waals surface area contributed by atoms with Crippen LogP contribution in [0.4, 0.5) is 0 Å². The molecule has 0 fully saturated rings. The molecule has 4 heteroatoms. The van der Waals surface area contributed by atoms with Crippen molar-refractivity contribution in [3.05, 3.63) is 34.2 Å². The van der Waals surface area contributed by atoms with E-state index in [0.717, 1.165) is 18.4 Å². The van der Waals surface area contributed by atoms with Crippen molar-refractivity contribution in [2.75, 3.05) is 0 Å². The molecular weight excluding hydrogens is 182 g/mol. The molecule has 14 heavy (non-hydrogen) atoms. The van der Waals surface area contributed by atoms with E-state index in [1.807, 2.05) is 0 Å². The van der Waals surface area contributed by atoms with Crippen molar-refractivity contribution in [2.24, 2.45) is 0 Å². The topological polar surface area (TPSA) is 70.2 Å². The second kappa shape index (κ2) is 5.21. The summed E-state index contributed by atoms with van der Waals surface area (Å²) >= 11 is 0. The molecule has 0 saturated heterocycles. The summed E-state index contributed by atoms with van der Waals surface area (Å²) in [4.78, 5) is 23.5. The lowest BCUT2D eigenvalue weighted by Gasteiger charge is -1.98. The average Bonchev–Trinajstić information content (AvgIpc) is 2.15. The Labute approximate surface area is 81.6 Å². The van der Waals surface area contributed by atoms with E-state index in [-0.39, 0.29) is 12.0 Å². The van der Waals surface area contributed by atoms with E-state index in [1.165, 1.54) is 6.07 Å². The second-order valence-electron chi connectivity index (χ2n) is 3.16. The van der Waals surface area contributed by atoms with Crippen LogP contribution < -0.4 is 5.56 Å². The predicted molar refractivity (Wildman–Crippen MR) is 52.3 cm³/mol. The number of hydrogen-bond donors (Lipinski definition) is 2. The molecule has 1 rings (SSSR count). The number of aromatic nitrogens is 1. The number of rotatable bonds is 5. The summed E-state index contributed by atoms with van der Waals surface area (Å²) in [6.07, 6.45) is 4.20. The number of aromatic amines is 1. The molecule has 1 aromatic heterocycles. The molecule has 76 valence electrons. The maximum absolute atomic E-state index is 10.7. The van der Waals surface area contributed by atoms with Crippen molar-refractivity contribution in [3.8, 4) is 0 Å². The smallest absolute Gasteiger partial charge is 0.303 e. The molecule has 0 unspecified atom stereocenters. The molecular formula is C10H13NO3. The van der Waals surface area contributed by atoms with Crippen LogP contribution in [0.5, 0.6) is 0 Å². The Morgan fingerprint density at radius 1 is 1.36 bits per heavy atom. The van der Waals surface area contributed by atoms with Gasteiger partial charge in [-0.3, -0.25) is 9.59 Å². The highest BCUT2D eigenvalue weighted by Crippen LogP contribution is 2.03. The average molecular weight is 195 g/mol. The zero-order valence-electron chi connectivity index (χ0n) is 7.82. The van der Waals surface area contributed by atoms with Gasteiger partial charge in [0.05, 0.1) is 0 Å². The fourth-order valence-electron chi connectivity index (χ4n) is 1.20. The third kappa shape index (κ3) is 3.89. The van der Waals surface area contributed by atoms with Crippen LogP contribution in [0.15, 0.2) is 23.1 Å². The number of aryl methyl sites for hydroxylation is 1. The van der Waals surface area contributed by atoms with Gasteiger partial charge in [0.2, 0.25) is 5.56 Å². The van der Waals surface area contributed by atoms with Gasteiger partial charge in [-0.1, -0.05) is 6.07 Å². The lowest BCUT2D eigenvalue weighted by Crippen LogP contribution is -2.03. The van der Waals surface area contributed by atoms with Gasteiger partial charge in [-0.2, -0.15) is 0 Å². The summed E-state index contributed by atoms with van der Waals surface area (Å²) in [7, 11) is 0. The predicted octanol–water partition coefficient (Wildman–Crippen LogP) is 1.17. The second-order valence-corrected chi connectivity index (χ2v) is 3.16. The van der Waals surface area contributed by atoms with Gasteiger partial charge >= 0.3 is 5.97 Å².